The van der Waals surface area contributed by atoms with E-state index in [1.54, 1.807) is 0 Å². The maximum atomic E-state index is 5.08. The zero-order valence-corrected chi connectivity index (χ0v) is 18.2. The molecule has 3 fully saturated rings. The fourth-order valence-electron chi connectivity index (χ4n) is 5.67. The van der Waals surface area contributed by atoms with E-state index in [2.05, 4.69) is 37.2 Å². The van der Waals surface area contributed by atoms with Gasteiger partial charge in [-0.05, 0) is 95.7 Å². The third-order valence-corrected chi connectivity index (χ3v) is 7.93. The van der Waals surface area contributed by atoms with Crippen LogP contribution in [0, 0.1) is 17.8 Å². The maximum absolute atomic E-state index is 5.08. The lowest BCUT2D eigenvalue weighted by Gasteiger charge is -2.44. The van der Waals surface area contributed by atoms with E-state index in [9.17, 15) is 0 Å². The average molecular weight is 394 g/mol. The van der Waals surface area contributed by atoms with Crippen LogP contribution in [-0.2, 0) is 13.5 Å². The highest BCUT2D eigenvalue weighted by Gasteiger charge is 2.41. The topological polar surface area (TPSA) is 46.8 Å². The van der Waals surface area contributed by atoms with Gasteiger partial charge in [-0.15, -0.1) is 0 Å². The van der Waals surface area contributed by atoms with Gasteiger partial charge in [0.2, 0.25) is 0 Å². The molecule has 2 aromatic rings. The quantitative estimate of drug-likeness (QED) is 0.728. The lowest BCUT2D eigenvalue weighted by atomic mass is 9.62. The van der Waals surface area contributed by atoms with Crippen molar-refractivity contribution >= 4 is 0 Å². The van der Waals surface area contributed by atoms with E-state index in [4.69, 9.17) is 9.97 Å². The van der Waals surface area contributed by atoms with Crippen LogP contribution >= 0.6 is 0 Å². The summed E-state index contributed by atoms with van der Waals surface area (Å²) in [5.74, 6) is 4.13. The Kier molecular flexibility index (Phi) is 5.19. The SMILES string of the molecule is CN(C)C1CCC(C2CCC2c2nccc(-c3cnn(C)c3CC3CC3)n2)CC1. The first-order valence-electron chi connectivity index (χ1n) is 11.6. The molecular weight excluding hydrogens is 358 g/mol. The molecule has 5 heteroatoms. The van der Waals surface area contributed by atoms with Gasteiger partial charge in [-0.3, -0.25) is 4.68 Å². The van der Waals surface area contributed by atoms with Crippen molar-refractivity contribution in [2.24, 2.45) is 24.8 Å². The van der Waals surface area contributed by atoms with Gasteiger partial charge in [0, 0.05) is 36.5 Å². The molecule has 2 unspecified atom stereocenters. The fourth-order valence-corrected chi connectivity index (χ4v) is 5.67. The number of hydrogen-bond acceptors (Lipinski definition) is 4. The smallest absolute Gasteiger partial charge is 0.132 e. The molecule has 3 saturated carbocycles. The standard InChI is InChI=1S/C24H35N5/c1-28(2)18-8-6-17(7-9-18)19-10-11-20(19)24-25-13-12-22(27-24)21-15-26-29(3)23(21)14-16-4-5-16/h12-13,15-20H,4-11,14H2,1-3H3. The molecule has 2 heterocycles. The molecule has 0 radical (unpaired) electrons. The van der Waals surface area contributed by atoms with Crippen molar-refractivity contribution in [1.82, 2.24) is 24.6 Å². The highest BCUT2D eigenvalue weighted by Crippen LogP contribution is 2.50. The van der Waals surface area contributed by atoms with E-state index < -0.39 is 0 Å². The number of aryl methyl sites for hydroxylation is 1. The van der Waals surface area contributed by atoms with Crippen LogP contribution in [0.25, 0.3) is 11.3 Å². The normalized spacial score (nSPS) is 29.8. The second-order valence-corrected chi connectivity index (χ2v) is 9.96. The zero-order chi connectivity index (χ0) is 20.0. The highest BCUT2D eigenvalue weighted by molar-refractivity contribution is 5.61. The predicted octanol–water partition coefficient (Wildman–Crippen LogP) is 4.44. The van der Waals surface area contributed by atoms with Crippen molar-refractivity contribution in [3.63, 3.8) is 0 Å². The number of aromatic nitrogens is 4. The van der Waals surface area contributed by atoms with Gasteiger partial charge in [-0.1, -0.05) is 0 Å². The Bertz CT molecular complexity index is 845. The molecular formula is C24H35N5. The Morgan fingerprint density at radius 1 is 1.03 bits per heavy atom. The van der Waals surface area contributed by atoms with Crippen LogP contribution in [0.3, 0.4) is 0 Å². The summed E-state index contributed by atoms with van der Waals surface area (Å²) in [6, 6.07) is 2.85. The third kappa shape index (κ3) is 3.86. The molecule has 5 nitrogen and oxygen atoms in total. The summed E-state index contributed by atoms with van der Waals surface area (Å²) in [6.45, 7) is 0. The van der Waals surface area contributed by atoms with E-state index in [-0.39, 0.29) is 0 Å². The van der Waals surface area contributed by atoms with Gasteiger partial charge in [0.05, 0.1) is 11.9 Å². The van der Waals surface area contributed by atoms with Crippen molar-refractivity contribution in [3.8, 4) is 11.3 Å². The van der Waals surface area contributed by atoms with Gasteiger partial charge in [-0.25, -0.2) is 9.97 Å². The Hall–Kier alpha value is -1.75. The number of rotatable bonds is 6. The molecule has 156 valence electrons. The van der Waals surface area contributed by atoms with Gasteiger partial charge >= 0.3 is 0 Å². The Labute approximate surface area is 174 Å². The zero-order valence-electron chi connectivity index (χ0n) is 18.2. The first-order chi connectivity index (χ1) is 14.1. The van der Waals surface area contributed by atoms with Gasteiger partial charge in [0.25, 0.3) is 0 Å². The summed E-state index contributed by atoms with van der Waals surface area (Å²) < 4.78 is 2.05. The van der Waals surface area contributed by atoms with Gasteiger partial charge in [0.15, 0.2) is 0 Å². The van der Waals surface area contributed by atoms with Crippen molar-refractivity contribution < 1.29 is 0 Å². The Morgan fingerprint density at radius 2 is 1.83 bits per heavy atom. The van der Waals surface area contributed by atoms with Crippen LogP contribution < -0.4 is 0 Å². The largest absolute Gasteiger partial charge is 0.306 e. The summed E-state index contributed by atoms with van der Waals surface area (Å²) in [5.41, 5.74) is 3.62. The van der Waals surface area contributed by atoms with Crippen molar-refractivity contribution in [3.05, 3.63) is 30.0 Å². The van der Waals surface area contributed by atoms with Crippen molar-refractivity contribution in [2.75, 3.05) is 14.1 Å². The lowest BCUT2D eigenvalue weighted by molar-refractivity contribution is 0.0937. The van der Waals surface area contributed by atoms with Gasteiger partial charge < -0.3 is 4.90 Å². The molecule has 3 aliphatic carbocycles. The van der Waals surface area contributed by atoms with Crippen LogP contribution in [0.2, 0.25) is 0 Å². The van der Waals surface area contributed by atoms with E-state index in [1.807, 2.05) is 17.1 Å². The van der Waals surface area contributed by atoms with Crippen LogP contribution in [-0.4, -0.2) is 44.8 Å². The molecule has 29 heavy (non-hydrogen) atoms. The van der Waals surface area contributed by atoms with Crippen LogP contribution in [0.15, 0.2) is 18.5 Å². The van der Waals surface area contributed by atoms with E-state index in [0.29, 0.717) is 5.92 Å². The third-order valence-electron chi connectivity index (χ3n) is 7.93. The maximum Gasteiger partial charge on any atom is 0.132 e. The lowest BCUT2D eigenvalue weighted by Crippen LogP contribution is -2.38. The highest BCUT2D eigenvalue weighted by atomic mass is 15.3. The molecule has 0 spiro atoms. The molecule has 0 N–H and O–H groups in total. The van der Waals surface area contributed by atoms with Crippen LogP contribution in [0.1, 0.15) is 68.8 Å². The molecule has 0 amide bonds. The van der Waals surface area contributed by atoms with Crippen molar-refractivity contribution in [2.45, 2.75) is 69.7 Å². The summed E-state index contributed by atoms with van der Waals surface area (Å²) in [5, 5.41) is 4.54. The second-order valence-electron chi connectivity index (χ2n) is 9.96. The van der Waals surface area contributed by atoms with Crippen LogP contribution in [0.5, 0.6) is 0 Å². The van der Waals surface area contributed by atoms with E-state index in [1.165, 1.54) is 62.6 Å². The first kappa shape index (κ1) is 19.2. The van der Waals surface area contributed by atoms with E-state index >= 15 is 0 Å². The Morgan fingerprint density at radius 3 is 2.48 bits per heavy atom. The number of hydrogen-bond donors (Lipinski definition) is 0. The summed E-state index contributed by atoms with van der Waals surface area (Å²) >= 11 is 0. The summed E-state index contributed by atoms with van der Waals surface area (Å²) in [4.78, 5) is 12.2. The fraction of sp³-hybridized carbons (Fsp3) is 0.708. The minimum atomic E-state index is 0.555. The van der Waals surface area contributed by atoms with Crippen molar-refractivity contribution in [1.29, 1.82) is 0 Å². The summed E-state index contributed by atoms with van der Waals surface area (Å²) in [6.07, 6.45) is 15.9. The summed E-state index contributed by atoms with van der Waals surface area (Å²) in [7, 11) is 6.52. The first-order valence-corrected chi connectivity index (χ1v) is 11.6. The molecule has 0 saturated heterocycles. The molecule has 2 atom stereocenters. The molecule has 0 bridgehead atoms. The minimum absolute atomic E-state index is 0.555. The monoisotopic (exact) mass is 393 g/mol. The molecule has 2 aromatic heterocycles. The van der Waals surface area contributed by atoms with Gasteiger partial charge in [0.1, 0.15) is 5.82 Å². The minimum Gasteiger partial charge on any atom is -0.306 e. The Balaban J connectivity index is 1.32. The molecule has 3 aliphatic rings. The van der Waals surface area contributed by atoms with E-state index in [0.717, 1.165) is 41.7 Å². The average Bonchev–Trinajstić information content (AvgIpc) is 3.44. The molecule has 0 aliphatic heterocycles. The predicted molar refractivity (Wildman–Crippen MR) is 116 cm³/mol. The second kappa shape index (κ2) is 7.82. The van der Waals surface area contributed by atoms with Crippen LogP contribution in [0.4, 0.5) is 0 Å². The molecule has 0 aromatic carbocycles. The molecule has 5 rings (SSSR count). The number of nitrogens with zero attached hydrogens (tertiary/aromatic N) is 5. The van der Waals surface area contributed by atoms with Gasteiger partial charge in [-0.2, -0.15) is 5.10 Å².